The summed E-state index contributed by atoms with van der Waals surface area (Å²) in [6.07, 6.45) is 18.7. The van der Waals surface area contributed by atoms with E-state index in [9.17, 15) is 0 Å². The fourth-order valence-electron chi connectivity index (χ4n) is 9.50. The third kappa shape index (κ3) is 2.42. The number of fused-ring (bicyclic) bond motifs is 7. The third-order valence-electron chi connectivity index (χ3n) is 11.1. The zero-order valence-corrected chi connectivity index (χ0v) is 19.0. The van der Waals surface area contributed by atoms with Gasteiger partial charge in [-0.2, -0.15) is 0 Å². The van der Waals surface area contributed by atoms with Crippen molar-refractivity contribution in [2.75, 3.05) is 6.54 Å². The standard InChI is InChI=1S/C27H41NO/c1-17-10-14-27(28-16-17)18(2)24-23(29-27)15-22-20-9-8-19-7-5-6-12-25(19,3)21(20)11-13-26(22,24)4/h5,7-8,17-18,20-24,28H,6,9-16H2,1-4H3/t17?,18?,20-,21?,22?,23?,24?,25+,26+,27?/m1/s1. The van der Waals surface area contributed by atoms with Crippen LogP contribution >= 0.6 is 0 Å². The number of hydrogen-bond acceptors (Lipinski definition) is 2. The Kier molecular flexibility index (Phi) is 4.10. The summed E-state index contributed by atoms with van der Waals surface area (Å²) in [5.41, 5.74) is 2.56. The largest absolute Gasteiger partial charge is 0.357 e. The maximum Gasteiger partial charge on any atom is 0.122 e. The Balaban J connectivity index is 1.30. The van der Waals surface area contributed by atoms with Gasteiger partial charge in [0.25, 0.3) is 0 Å². The minimum absolute atomic E-state index is 0.0214. The number of piperidine rings is 1. The molecule has 2 heteroatoms. The quantitative estimate of drug-likeness (QED) is 0.536. The average molecular weight is 396 g/mol. The van der Waals surface area contributed by atoms with Gasteiger partial charge < -0.3 is 4.74 Å². The Hall–Kier alpha value is -0.600. The predicted octanol–water partition coefficient (Wildman–Crippen LogP) is 6.09. The lowest BCUT2D eigenvalue weighted by Crippen LogP contribution is -2.56. The van der Waals surface area contributed by atoms with Gasteiger partial charge >= 0.3 is 0 Å². The fourth-order valence-corrected chi connectivity index (χ4v) is 9.50. The van der Waals surface area contributed by atoms with Crippen LogP contribution in [0.4, 0.5) is 0 Å². The smallest absolute Gasteiger partial charge is 0.122 e. The molecular weight excluding hydrogens is 354 g/mol. The summed E-state index contributed by atoms with van der Waals surface area (Å²) >= 11 is 0. The molecule has 2 heterocycles. The van der Waals surface area contributed by atoms with Crippen molar-refractivity contribution in [1.82, 2.24) is 5.32 Å². The highest BCUT2D eigenvalue weighted by Gasteiger charge is 2.67. The normalized spacial score (nSPS) is 58.3. The minimum atomic E-state index is -0.0214. The highest BCUT2D eigenvalue weighted by Crippen LogP contribution is 2.69. The van der Waals surface area contributed by atoms with Gasteiger partial charge in [-0.05, 0) is 97.4 Å². The lowest BCUT2D eigenvalue weighted by atomic mass is 9.47. The molecule has 6 aliphatic rings. The molecule has 6 rings (SSSR count). The summed E-state index contributed by atoms with van der Waals surface area (Å²) in [6.45, 7) is 11.3. The Labute approximate surface area is 177 Å². The molecule has 1 N–H and O–H groups in total. The molecule has 29 heavy (non-hydrogen) atoms. The van der Waals surface area contributed by atoms with Gasteiger partial charge in [-0.1, -0.05) is 45.9 Å². The van der Waals surface area contributed by atoms with E-state index in [0.29, 0.717) is 22.9 Å². The van der Waals surface area contributed by atoms with Crippen molar-refractivity contribution < 1.29 is 4.74 Å². The Bertz CT molecular complexity index is 746. The second-order valence-electron chi connectivity index (χ2n) is 12.3. The maximum atomic E-state index is 7.01. The van der Waals surface area contributed by atoms with Gasteiger partial charge in [-0.3, -0.25) is 5.32 Å². The minimum Gasteiger partial charge on any atom is -0.357 e. The molecule has 10 atom stereocenters. The second-order valence-corrected chi connectivity index (χ2v) is 12.3. The highest BCUT2D eigenvalue weighted by molar-refractivity contribution is 5.34. The van der Waals surface area contributed by atoms with E-state index >= 15 is 0 Å². The summed E-state index contributed by atoms with van der Waals surface area (Å²) in [6, 6.07) is 0. The Morgan fingerprint density at radius 3 is 2.72 bits per heavy atom. The van der Waals surface area contributed by atoms with E-state index in [4.69, 9.17) is 4.74 Å². The maximum absolute atomic E-state index is 7.01. The fraction of sp³-hybridized carbons (Fsp3) is 0.852. The first-order valence-electron chi connectivity index (χ1n) is 12.7. The Morgan fingerprint density at radius 2 is 1.93 bits per heavy atom. The van der Waals surface area contributed by atoms with E-state index in [0.717, 1.165) is 36.1 Å². The van der Waals surface area contributed by atoms with Crippen LogP contribution in [0.3, 0.4) is 0 Å². The summed E-state index contributed by atoms with van der Waals surface area (Å²) < 4.78 is 7.01. The van der Waals surface area contributed by atoms with E-state index in [1.165, 1.54) is 51.4 Å². The predicted molar refractivity (Wildman–Crippen MR) is 118 cm³/mol. The molecule has 0 radical (unpaired) electrons. The van der Waals surface area contributed by atoms with Crippen molar-refractivity contribution >= 4 is 0 Å². The van der Waals surface area contributed by atoms with E-state index in [2.05, 4.69) is 51.2 Å². The molecule has 0 aromatic rings. The van der Waals surface area contributed by atoms with Crippen LogP contribution in [0.5, 0.6) is 0 Å². The highest BCUT2D eigenvalue weighted by atomic mass is 16.5. The summed E-state index contributed by atoms with van der Waals surface area (Å²) in [5, 5.41) is 3.90. The first kappa shape index (κ1) is 19.1. The van der Waals surface area contributed by atoms with E-state index < -0.39 is 0 Å². The molecular formula is C27H41NO. The number of allylic oxidation sites excluding steroid dienone is 4. The second kappa shape index (κ2) is 6.22. The van der Waals surface area contributed by atoms with E-state index in [1.807, 2.05) is 0 Å². The molecule has 2 nitrogen and oxygen atoms in total. The average Bonchev–Trinajstić information content (AvgIpc) is 3.15. The first-order valence-corrected chi connectivity index (χ1v) is 12.7. The van der Waals surface area contributed by atoms with Gasteiger partial charge in [0.15, 0.2) is 0 Å². The molecule has 4 aliphatic carbocycles. The zero-order valence-electron chi connectivity index (χ0n) is 19.0. The SMILES string of the molecule is CC1CCC2(NC1)OC1CC3[C@@H]4CC=C5C=CCC[C@]5(C)C4CC[C@]3(C)C1C2C. The molecule has 160 valence electrons. The third-order valence-corrected chi connectivity index (χ3v) is 11.1. The first-order chi connectivity index (χ1) is 13.9. The van der Waals surface area contributed by atoms with Crippen LogP contribution in [-0.4, -0.2) is 18.4 Å². The molecule has 2 aliphatic heterocycles. The van der Waals surface area contributed by atoms with Crippen LogP contribution in [0.2, 0.25) is 0 Å². The lowest BCUT2D eigenvalue weighted by Gasteiger charge is -2.57. The summed E-state index contributed by atoms with van der Waals surface area (Å²) in [7, 11) is 0. The van der Waals surface area contributed by atoms with Crippen molar-refractivity contribution in [3.63, 3.8) is 0 Å². The van der Waals surface area contributed by atoms with Gasteiger partial charge in [0.1, 0.15) is 5.72 Å². The van der Waals surface area contributed by atoms with Crippen LogP contribution in [0.15, 0.2) is 23.8 Å². The van der Waals surface area contributed by atoms with Gasteiger partial charge in [0.2, 0.25) is 0 Å². The van der Waals surface area contributed by atoms with E-state index in [1.54, 1.807) is 5.57 Å². The van der Waals surface area contributed by atoms with Crippen molar-refractivity contribution in [2.45, 2.75) is 90.9 Å². The van der Waals surface area contributed by atoms with Crippen molar-refractivity contribution in [3.8, 4) is 0 Å². The van der Waals surface area contributed by atoms with Crippen LogP contribution in [0, 0.1) is 46.3 Å². The van der Waals surface area contributed by atoms with Gasteiger partial charge in [0.05, 0.1) is 6.10 Å². The molecule has 2 saturated carbocycles. The van der Waals surface area contributed by atoms with Gasteiger partial charge in [0, 0.05) is 12.5 Å². The lowest BCUT2D eigenvalue weighted by molar-refractivity contribution is -0.114. The number of ether oxygens (including phenoxy) is 1. The molecule has 0 aromatic carbocycles. The molecule has 0 aromatic heterocycles. The van der Waals surface area contributed by atoms with Gasteiger partial charge in [-0.15, -0.1) is 0 Å². The van der Waals surface area contributed by atoms with Crippen molar-refractivity contribution in [3.05, 3.63) is 23.8 Å². The van der Waals surface area contributed by atoms with E-state index in [-0.39, 0.29) is 5.72 Å². The molecule has 2 saturated heterocycles. The van der Waals surface area contributed by atoms with Crippen LogP contribution in [0.1, 0.15) is 79.1 Å². The van der Waals surface area contributed by atoms with Crippen molar-refractivity contribution in [2.24, 2.45) is 46.3 Å². The van der Waals surface area contributed by atoms with Crippen LogP contribution < -0.4 is 5.32 Å². The zero-order chi connectivity index (χ0) is 20.0. The summed E-state index contributed by atoms with van der Waals surface area (Å²) in [5.74, 6) is 4.82. The van der Waals surface area contributed by atoms with Gasteiger partial charge in [-0.25, -0.2) is 0 Å². The number of nitrogens with one attached hydrogen (secondary N) is 1. The molecule has 4 fully saturated rings. The molecule has 1 spiro atoms. The van der Waals surface area contributed by atoms with Crippen molar-refractivity contribution in [1.29, 1.82) is 0 Å². The molecule has 0 amide bonds. The topological polar surface area (TPSA) is 21.3 Å². The Morgan fingerprint density at radius 1 is 1.07 bits per heavy atom. The number of rotatable bonds is 0. The van der Waals surface area contributed by atoms with Crippen LogP contribution in [0.25, 0.3) is 0 Å². The number of hydrogen-bond donors (Lipinski definition) is 1. The molecule has 0 bridgehead atoms. The van der Waals surface area contributed by atoms with Crippen LogP contribution in [-0.2, 0) is 4.74 Å². The monoisotopic (exact) mass is 395 g/mol. The summed E-state index contributed by atoms with van der Waals surface area (Å²) in [4.78, 5) is 0. The molecule has 7 unspecified atom stereocenters.